The molecule has 0 bridgehead atoms. The van der Waals surface area contributed by atoms with E-state index >= 15 is 0 Å². The maximum Gasteiger partial charge on any atom is 0.128 e. The van der Waals surface area contributed by atoms with Gasteiger partial charge < -0.3 is 10.4 Å². The monoisotopic (exact) mass is 258 g/mol. The van der Waals surface area contributed by atoms with Gasteiger partial charge in [-0.05, 0) is 47.8 Å². The minimum Gasteiger partial charge on any atom is -0.393 e. The molecule has 0 aliphatic heterocycles. The van der Waals surface area contributed by atoms with Crippen LogP contribution in [0.5, 0.6) is 0 Å². The molecule has 0 amide bonds. The highest BCUT2D eigenvalue weighted by Crippen LogP contribution is 2.16. The van der Waals surface area contributed by atoms with E-state index < -0.39 is 0 Å². The molecule has 1 atom stereocenters. The van der Waals surface area contributed by atoms with Crippen LogP contribution in [-0.4, -0.2) is 22.7 Å². The third-order valence-electron chi connectivity index (χ3n) is 1.90. The minimum atomic E-state index is -0.266. The van der Waals surface area contributed by atoms with Crippen LogP contribution in [0.4, 0.5) is 5.82 Å². The van der Waals surface area contributed by atoms with Gasteiger partial charge in [-0.25, -0.2) is 4.98 Å². The molecule has 1 aromatic rings. The molecule has 0 spiro atoms. The largest absolute Gasteiger partial charge is 0.393 e. The Hall–Kier alpha value is -0.610. The number of aromatic nitrogens is 1. The van der Waals surface area contributed by atoms with Crippen LogP contribution in [0.1, 0.15) is 18.9 Å². The maximum absolute atomic E-state index is 9.08. The first-order valence-electron chi connectivity index (χ1n) is 4.63. The van der Waals surface area contributed by atoms with E-state index in [-0.39, 0.29) is 6.10 Å². The van der Waals surface area contributed by atoms with E-state index in [1.54, 1.807) is 13.1 Å². The molecule has 4 heteroatoms. The van der Waals surface area contributed by atoms with Gasteiger partial charge in [0.1, 0.15) is 5.82 Å². The number of nitrogens with zero attached hydrogens (tertiary/aromatic N) is 1. The number of aryl methyl sites for hydroxylation is 1. The van der Waals surface area contributed by atoms with Crippen molar-refractivity contribution in [2.24, 2.45) is 0 Å². The molecular weight excluding hydrogens is 244 g/mol. The van der Waals surface area contributed by atoms with Crippen LogP contribution in [0.25, 0.3) is 0 Å². The molecule has 3 nitrogen and oxygen atoms in total. The van der Waals surface area contributed by atoms with Crippen LogP contribution in [-0.2, 0) is 0 Å². The molecule has 2 N–H and O–H groups in total. The van der Waals surface area contributed by atoms with Gasteiger partial charge in [0.05, 0.1) is 6.10 Å². The third kappa shape index (κ3) is 3.64. The Bertz CT molecular complexity index is 302. The summed E-state index contributed by atoms with van der Waals surface area (Å²) in [7, 11) is 0. The summed E-state index contributed by atoms with van der Waals surface area (Å²) in [6.07, 6.45) is 2.23. The summed E-state index contributed by atoms with van der Waals surface area (Å²) in [6, 6.07) is 2.01. The van der Waals surface area contributed by atoms with Crippen molar-refractivity contribution in [3.05, 3.63) is 22.3 Å². The van der Waals surface area contributed by atoms with Crippen LogP contribution in [0.15, 0.2) is 16.7 Å². The minimum absolute atomic E-state index is 0.266. The van der Waals surface area contributed by atoms with E-state index in [0.29, 0.717) is 0 Å². The van der Waals surface area contributed by atoms with Crippen molar-refractivity contribution in [2.45, 2.75) is 26.4 Å². The summed E-state index contributed by atoms with van der Waals surface area (Å²) in [5.74, 6) is 0.883. The molecule has 0 fully saturated rings. The lowest BCUT2D eigenvalue weighted by Gasteiger charge is -2.09. The molecule has 0 aliphatic rings. The SMILES string of the molecule is Cc1cc(Br)cnc1NCC[C@@H](C)O. The second-order valence-electron chi connectivity index (χ2n) is 3.38. The summed E-state index contributed by atoms with van der Waals surface area (Å²) in [5.41, 5.74) is 1.10. The van der Waals surface area contributed by atoms with Gasteiger partial charge in [-0.2, -0.15) is 0 Å². The van der Waals surface area contributed by atoms with E-state index in [1.807, 2.05) is 13.0 Å². The van der Waals surface area contributed by atoms with Crippen LogP contribution in [0.2, 0.25) is 0 Å². The summed E-state index contributed by atoms with van der Waals surface area (Å²) in [6.45, 7) is 4.53. The zero-order valence-electron chi connectivity index (χ0n) is 8.42. The summed E-state index contributed by atoms with van der Waals surface area (Å²) in [5, 5.41) is 12.3. The Morgan fingerprint density at radius 3 is 2.93 bits per heavy atom. The van der Waals surface area contributed by atoms with Crippen molar-refractivity contribution in [3.8, 4) is 0 Å². The molecule has 1 aromatic heterocycles. The molecule has 0 radical (unpaired) electrons. The molecule has 0 unspecified atom stereocenters. The van der Waals surface area contributed by atoms with Gasteiger partial charge >= 0.3 is 0 Å². The van der Waals surface area contributed by atoms with Gasteiger partial charge in [0.2, 0.25) is 0 Å². The van der Waals surface area contributed by atoms with Crippen LogP contribution >= 0.6 is 15.9 Å². The van der Waals surface area contributed by atoms with E-state index in [1.165, 1.54) is 0 Å². The molecule has 78 valence electrons. The van der Waals surface area contributed by atoms with Crippen molar-refractivity contribution >= 4 is 21.7 Å². The first-order valence-corrected chi connectivity index (χ1v) is 5.43. The number of aliphatic hydroxyl groups excluding tert-OH is 1. The van der Waals surface area contributed by atoms with Gasteiger partial charge in [-0.3, -0.25) is 0 Å². The standard InChI is InChI=1S/C10H15BrN2O/c1-7-5-9(11)6-13-10(7)12-4-3-8(2)14/h5-6,8,14H,3-4H2,1-2H3,(H,12,13)/t8-/m1/s1. The quantitative estimate of drug-likeness (QED) is 0.872. The summed E-state index contributed by atoms with van der Waals surface area (Å²) in [4.78, 5) is 4.24. The maximum atomic E-state index is 9.08. The van der Waals surface area contributed by atoms with Crippen molar-refractivity contribution < 1.29 is 5.11 Å². The second kappa shape index (κ2) is 5.32. The molecule has 0 saturated carbocycles. The van der Waals surface area contributed by atoms with Gasteiger partial charge in [-0.1, -0.05) is 0 Å². The third-order valence-corrected chi connectivity index (χ3v) is 2.33. The van der Waals surface area contributed by atoms with Gasteiger partial charge in [0, 0.05) is 17.2 Å². The van der Waals surface area contributed by atoms with Crippen molar-refractivity contribution in [2.75, 3.05) is 11.9 Å². The lowest BCUT2D eigenvalue weighted by molar-refractivity contribution is 0.188. The lowest BCUT2D eigenvalue weighted by Crippen LogP contribution is -2.11. The average molecular weight is 259 g/mol. The Labute approximate surface area is 92.7 Å². The van der Waals surface area contributed by atoms with Crippen LogP contribution < -0.4 is 5.32 Å². The van der Waals surface area contributed by atoms with E-state index in [9.17, 15) is 0 Å². The number of nitrogens with one attached hydrogen (secondary N) is 1. The predicted octanol–water partition coefficient (Wildman–Crippen LogP) is 2.34. The van der Waals surface area contributed by atoms with Crippen LogP contribution in [0.3, 0.4) is 0 Å². The van der Waals surface area contributed by atoms with E-state index in [0.717, 1.165) is 28.8 Å². The summed E-state index contributed by atoms with van der Waals surface area (Å²) < 4.78 is 0.982. The molecule has 0 aliphatic carbocycles. The number of anilines is 1. The first kappa shape index (κ1) is 11.5. The normalized spacial score (nSPS) is 12.6. The van der Waals surface area contributed by atoms with Crippen molar-refractivity contribution in [1.29, 1.82) is 0 Å². The molecule has 0 aromatic carbocycles. The highest BCUT2D eigenvalue weighted by Gasteiger charge is 2.00. The Morgan fingerprint density at radius 2 is 2.36 bits per heavy atom. The van der Waals surface area contributed by atoms with E-state index in [4.69, 9.17) is 5.11 Å². The Morgan fingerprint density at radius 1 is 1.64 bits per heavy atom. The van der Waals surface area contributed by atoms with Gasteiger partial charge in [0.15, 0.2) is 0 Å². The zero-order valence-corrected chi connectivity index (χ0v) is 10.0. The highest BCUT2D eigenvalue weighted by molar-refractivity contribution is 9.10. The smallest absolute Gasteiger partial charge is 0.128 e. The fourth-order valence-corrected chi connectivity index (χ4v) is 1.57. The summed E-state index contributed by atoms with van der Waals surface area (Å²) >= 11 is 3.36. The first-order chi connectivity index (χ1) is 6.59. The Balaban J connectivity index is 2.51. The lowest BCUT2D eigenvalue weighted by atomic mass is 10.2. The van der Waals surface area contributed by atoms with Crippen molar-refractivity contribution in [3.63, 3.8) is 0 Å². The fraction of sp³-hybridized carbons (Fsp3) is 0.500. The van der Waals surface area contributed by atoms with Gasteiger partial charge in [-0.15, -0.1) is 0 Å². The van der Waals surface area contributed by atoms with Gasteiger partial charge in [0.25, 0.3) is 0 Å². The number of hydrogen-bond acceptors (Lipinski definition) is 3. The predicted molar refractivity (Wildman–Crippen MR) is 61.5 cm³/mol. The second-order valence-corrected chi connectivity index (χ2v) is 4.30. The molecule has 1 heterocycles. The fourth-order valence-electron chi connectivity index (χ4n) is 1.13. The number of aliphatic hydroxyl groups is 1. The highest BCUT2D eigenvalue weighted by atomic mass is 79.9. The van der Waals surface area contributed by atoms with E-state index in [2.05, 4.69) is 26.2 Å². The Kier molecular flexibility index (Phi) is 4.35. The molecule has 0 saturated heterocycles. The molecule has 1 rings (SSSR count). The number of pyridine rings is 1. The topological polar surface area (TPSA) is 45.2 Å². The number of hydrogen-bond donors (Lipinski definition) is 2. The van der Waals surface area contributed by atoms with Crippen molar-refractivity contribution in [1.82, 2.24) is 4.98 Å². The molecular formula is C10H15BrN2O. The zero-order chi connectivity index (χ0) is 10.6. The number of halogens is 1. The average Bonchev–Trinajstić information content (AvgIpc) is 2.08. The molecule has 14 heavy (non-hydrogen) atoms. The number of rotatable bonds is 4. The van der Waals surface area contributed by atoms with Crippen LogP contribution in [0, 0.1) is 6.92 Å².